The van der Waals surface area contributed by atoms with Gasteiger partial charge < -0.3 is 9.84 Å². The first kappa shape index (κ1) is 14.5. The Kier molecular flexibility index (Phi) is 4.24. The number of nitrogens with zero attached hydrogens (tertiary/aromatic N) is 3. The number of para-hydroxylation sites is 1. The predicted molar refractivity (Wildman–Crippen MR) is 82.1 cm³/mol. The molecule has 1 saturated heterocycles. The lowest BCUT2D eigenvalue weighted by Gasteiger charge is -2.37. The van der Waals surface area contributed by atoms with Crippen molar-refractivity contribution in [2.75, 3.05) is 19.8 Å². The lowest BCUT2D eigenvalue weighted by molar-refractivity contribution is -0.0807. The molecule has 1 aliphatic rings. The monoisotopic (exact) mass is 289 g/mol. The molecule has 21 heavy (non-hydrogen) atoms. The van der Waals surface area contributed by atoms with Gasteiger partial charge in [0.15, 0.2) is 0 Å². The van der Waals surface area contributed by atoms with Gasteiger partial charge in [-0.3, -0.25) is 9.58 Å². The highest BCUT2D eigenvalue weighted by molar-refractivity contribution is 5.81. The Hall–Kier alpha value is -1.43. The molecule has 0 amide bonds. The third-order valence-corrected chi connectivity index (χ3v) is 4.23. The highest BCUT2D eigenvalue weighted by Crippen LogP contribution is 2.22. The minimum atomic E-state index is -0.0827. The Labute approximate surface area is 125 Å². The Bertz CT molecular complexity index is 611. The average molecular weight is 289 g/mol. The summed E-state index contributed by atoms with van der Waals surface area (Å²) in [5, 5.41) is 15.3. The second-order valence-corrected chi connectivity index (χ2v) is 5.70. The Balaban J connectivity index is 1.87. The summed E-state index contributed by atoms with van der Waals surface area (Å²) >= 11 is 0. The van der Waals surface area contributed by atoms with Gasteiger partial charge in [0.05, 0.1) is 30.5 Å². The molecule has 2 aromatic rings. The molecule has 1 aliphatic heterocycles. The van der Waals surface area contributed by atoms with Crippen LogP contribution >= 0.6 is 0 Å². The van der Waals surface area contributed by atoms with Crippen LogP contribution in [0.25, 0.3) is 10.9 Å². The maximum absolute atomic E-state index is 9.30. The van der Waals surface area contributed by atoms with E-state index in [2.05, 4.69) is 47.7 Å². The van der Waals surface area contributed by atoms with E-state index in [0.717, 1.165) is 25.3 Å². The molecule has 2 heterocycles. The standard InChI is InChI=1S/C16H23N3O2/c1-3-19-16-7-5-4-6-14(16)15(17-19)9-18-8-13(10-20)21-11-12(18)2/h4-7,12-13,20H,3,8-11H2,1-2H3. The number of aliphatic hydroxyl groups is 1. The molecule has 0 radical (unpaired) electrons. The maximum atomic E-state index is 9.30. The first-order valence-corrected chi connectivity index (χ1v) is 7.63. The van der Waals surface area contributed by atoms with E-state index in [1.54, 1.807) is 0 Å². The molecule has 5 nitrogen and oxygen atoms in total. The number of rotatable bonds is 4. The van der Waals surface area contributed by atoms with Crippen LogP contribution in [-0.2, 0) is 17.8 Å². The molecular formula is C16H23N3O2. The van der Waals surface area contributed by atoms with Crippen molar-refractivity contribution in [2.24, 2.45) is 0 Å². The zero-order valence-electron chi connectivity index (χ0n) is 12.7. The molecule has 2 atom stereocenters. The predicted octanol–water partition coefficient (Wildman–Crippen LogP) is 1.64. The third-order valence-electron chi connectivity index (χ3n) is 4.23. The van der Waals surface area contributed by atoms with E-state index in [0.29, 0.717) is 12.6 Å². The summed E-state index contributed by atoms with van der Waals surface area (Å²) in [7, 11) is 0. The Morgan fingerprint density at radius 2 is 2.19 bits per heavy atom. The number of benzene rings is 1. The van der Waals surface area contributed by atoms with Gasteiger partial charge in [-0.05, 0) is 19.9 Å². The molecule has 5 heteroatoms. The second-order valence-electron chi connectivity index (χ2n) is 5.70. The fraction of sp³-hybridized carbons (Fsp3) is 0.562. The van der Waals surface area contributed by atoms with Crippen LogP contribution in [0.3, 0.4) is 0 Å². The van der Waals surface area contributed by atoms with Crippen LogP contribution in [0.5, 0.6) is 0 Å². The summed E-state index contributed by atoms with van der Waals surface area (Å²) in [6, 6.07) is 8.72. The summed E-state index contributed by atoms with van der Waals surface area (Å²) in [5.41, 5.74) is 2.30. The highest BCUT2D eigenvalue weighted by Gasteiger charge is 2.26. The quantitative estimate of drug-likeness (QED) is 0.929. The van der Waals surface area contributed by atoms with Crippen molar-refractivity contribution in [3.63, 3.8) is 0 Å². The summed E-state index contributed by atoms with van der Waals surface area (Å²) in [4.78, 5) is 2.35. The second kappa shape index (κ2) is 6.13. The Morgan fingerprint density at radius 3 is 2.95 bits per heavy atom. The first-order valence-electron chi connectivity index (χ1n) is 7.63. The number of ether oxygens (including phenoxy) is 1. The van der Waals surface area contributed by atoms with Crippen molar-refractivity contribution in [3.8, 4) is 0 Å². The van der Waals surface area contributed by atoms with Crippen LogP contribution in [-0.4, -0.2) is 51.7 Å². The number of hydrogen-bond acceptors (Lipinski definition) is 4. The molecule has 2 unspecified atom stereocenters. The summed E-state index contributed by atoms with van der Waals surface area (Å²) < 4.78 is 7.66. The van der Waals surface area contributed by atoms with Crippen molar-refractivity contribution < 1.29 is 9.84 Å². The number of morpholine rings is 1. The molecular weight excluding hydrogens is 266 g/mol. The third kappa shape index (κ3) is 2.81. The normalized spacial score (nSPS) is 23.8. The van der Waals surface area contributed by atoms with Gasteiger partial charge in [-0.25, -0.2) is 0 Å². The van der Waals surface area contributed by atoms with Crippen molar-refractivity contribution in [3.05, 3.63) is 30.0 Å². The minimum Gasteiger partial charge on any atom is -0.394 e. The van der Waals surface area contributed by atoms with Gasteiger partial charge in [0.2, 0.25) is 0 Å². The first-order chi connectivity index (χ1) is 10.2. The largest absolute Gasteiger partial charge is 0.394 e. The van der Waals surface area contributed by atoms with Gasteiger partial charge in [0.25, 0.3) is 0 Å². The summed E-state index contributed by atoms with van der Waals surface area (Å²) in [6.45, 7) is 7.44. The van der Waals surface area contributed by atoms with Crippen LogP contribution in [0, 0.1) is 0 Å². The van der Waals surface area contributed by atoms with E-state index >= 15 is 0 Å². The van der Waals surface area contributed by atoms with Crippen molar-refractivity contribution in [1.82, 2.24) is 14.7 Å². The van der Waals surface area contributed by atoms with Gasteiger partial charge in [-0.1, -0.05) is 18.2 Å². The highest BCUT2D eigenvalue weighted by atomic mass is 16.5. The number of aromatic nitrogens is 2. The molecule has 1 N–H and O–H groups in total. The average Bonchev–Trinajstić information content (AvgIpc) is 2.88. The molecule has 1 aromatic carbocycles. The molecule has 0 spiro atoms. The van der Waals surface area contributed by atoms with Gasteiger partial charge >= 0.3 is 0 Å². The van der Waals surface area contributed by atoms with E-state index in [1.807, 2.05) is 0 Å². The lowest BCUT2D eigenvalue weighted by Crippen LogP contribution is -2.48. The van der Waals surface area contributed by atoms with Crippen molar-refractivity contribution in [1.29, 1.82) is 0 Å². The topological polar surface area (TPSA) is 50.5 Å². The van der Waals surface area contributed by atoms with Crippen LogP contribution in [0.4, 0.5) is 0 Å². The van der Waals surface area contributed by atoms with Crippen LogP contribution < -0.4 is 0 Å². The molecule has 0 bridgehead atoms. The smallest absolute Gasteiger partial charge is 0.0933 e. The van der Waals surface area contributed by atoms with Gasteiger partial charge in [0.1, 0.15) is 0 Å². The zero-order chi connectivity index (χ0) is 14.8. The zero-order valence-corrected chi connectivity index (χ0v) is 12.7. The number of fused-ring (bicyclic) bond motifs is 1. The van der Waals surface area contributed by atoms with E-state index in [1.165, 1.54) is 10.9 Å². The van der Waals surface area contributed by atoms with E-state index < -0.39 is 0 Å². The molecule has 3 rings (SSSR count). The maximum Gasteiger partial charge on any atom is 0.0933 e. The van der Waals surface area contributed by atoms with E-state index in [4.69, 9.17) is 9.84 Å². The van der Waals surface area contributed by atoms with Crippen molar-refractivity contribution >= 4 is 10.9 Å². The molecule has 114 valence electrons. The summed E-state index contributed by atoms with van der Waals surface area (Å²) in [6.07, 6.45) is -0.0827. The van der Waals surface area contributed by atoms with Crippen LogP contribution in [0.2, 0.25) is 0 Å². The lowest BCUT2D eigenvalue weighted by atomic mass is 10.1. The molecule has 1 fully saturated rings. The van der Waals surface area contributed by atoms with Crippen LogP contribution in [0.15, 0.2) is 24.3 Å². The minimum absolute atomic E-state index is 0.0768. The summed E-state index contributed by atoms with van der Waals surface area (Å²) in [5.74, 6) is 0. The Morgan fingerprint density at radius 1 is 1.38 bits per heavy atom. The number of hydrogen-bond donors (Lipinski definition) is 1. The van der Waals surface area contributed by atoms with Crippen molar-refractivity contribution in [2.45, 2.75) is 39.1 Å². The fourth-order valence-corrected chi connectivity index (χ4v) is 2.95. The molecule has 0 aliphatic carbocycles. The van der Waals surface area contributed by atoms with Crippen LogP contribution in [0.1, 0.15) is 19.5 Å². The number of aliphatic hydroxyl groups excluding tert-OH is 1. The molecule has 0 saturated carbocycles. The molecule has 1 aromatic heterocycles. The van der Waals surface area contributed by atoms with E-state index in [9.17, 15) is 5.11 Å². The van der Waals surface area contributed by atoms with Gasteiger partial charge in [-0.2, -0.15) is 5.10 Å². The van der Waals surface area contributed by atoms with Gasteiger partial charge in [0, 0.05) is 31.1 Å². The van der Waals surface area contributed by atoms with Gasteiger partial charge in [-0.15, -0.1) is 0 Å². The SMILES string of the molecule is CCn1nc(CN2CC(CO)OCC2C)c2ccccc21. The van der Waals surface area contributed by atoms with E-state index in [-0.39, 0.29) is 12.7 Å². The number of aryl methyl sites for hydroxylation is 1. The fourth-order valence-electron chi connectivity index (χ4n) is 2.95.